The topological polar surface area (TPSA) is 90.0 Å². The van der Waals surface area contributed by atoms with Gasteiger partial charge in [0.25, 0.3) is 0 Å². The molecule has 1 aliphatic carbocycles. The summed E-state index contributed by atoms with van der Waals surface area (Å²) in [6.07, 6.45) is 7.42. The molecule has 8 nitrogen and oxygen atoms in total. The molecule has 1 saturated carbocycles. The van der Waals surface area contributed by atoms with Crippen molar-refractivity contribution in [1.82, 2.24) is 24.8 Å². The van der Waals surface area contributed by atoms with E-state index in [9.17, 15) is 4.79 Å². The first-order valence-electron chi connectivity index (χ1n) is 9.58. The van der Waals surface area contributed by atoms with Crippen LogP contribution in [0.25, 0.3) is 11.0 Å². The second kappa shape index (κ2) is 6.73. The number of rotatable bonds is 3. The summed E-state index contributed by atoms with van der Waals surface area (Å²) in [6, 6.07) is 2.47. The zero-order chi connectivity index (χ0) is 19.3. The van der Waals surface area contributed by atoms with E-state index in [4.69, 9.17) is 0 Å². The Hall–Kier alpha value is -2.68. The average molecular weight is 398 g/mol. The number of urea groups is 1. The summed E-state index contributed by atoms with van der Waals surface area (Å²) >= 11 is 1.51. The van der Waals surface area contributed by atoms with Crippen LogP contribution in [-0.2, 0) is 0 Å². The van der Waals surface area contributed by atoms with E-state index in [0.717, 1.165) is 52.8 Å². The van der Waals surface area contributed by atoms with Crippen molar-refractivity contribution in [1.29, 1.82) is 0 Å². The number of aromatic nitrogens is 4. The maximum absolute atomic E-state index is 12.6. The van der Waals surface area contributed by atoms with E-state index >= 15 is 0 Å². The third-order valence-electron chi connectivity index (χ3n) is 6.08. The van der Waals surface area contributed by atoms with E-state index in [2.05, 4.69) is 37.2 Å². The fraction of sp³-hybridized carbons (Fsp3) is 0.474. The summed E-state index contributed by atoms with van der Waals surface area (Å²) in [5, 5.41) is 5.82. The fourth-order valence-corrected chi connectivity index (χ4v) is 5.33. The Morgan fingerprint density at radius 1 is 1.29 bits per heavy atom. The van der Waals surface area contributed by atoms with Gasteiger partial charge in [0.05, 0.1) is 16.6 Å². The molecule has 9 heteroatoms. The molecular formula is C19H23N7OS. The van der Waals surface area contributed by atoms with E-state index in [1.165, 1.54) is 11.3 Å². The van der Waals surface area contributed by atoms with Gasteiger partial charge in [-0.25, -0.2) is 19.7 Å². The van der Waals surface area contributed by atoms with Crippen molar-refractivity contribution in [2.45, 2.75) is 25.8 Å². The summed E-state index contributed by atoms with van der Waals surface area (Å²) in [5.41, 5.74) is 0.871. The predicted molar refractivity (Wildman–Crippen MR) is 110 cm³/mol. The van der Waals surface area contributed by atoms with Crippen LogP contribution in [0.1, 0.15) is 17.8 Å². The van der Waals surface area contributed by atoms with Crippen LogP contribution >= 0.6 is 11.3 Å². The molecule has 0 radical (unpaired) electrons. The van der Waals surface area contributed by atoms with Gasteiger partial charge in [0.1, 0.15) is 22.8 Å². The molecule has 3 atom stereocenters. The van der Waals surface area contributed by atoms with Crippen LogP contribution < -0.4 is 10.2 Å². The highest BCUT2D eigenvalue weighted by Crippen LogP contribution is 2.41. The molecule has 28 heavy (non-hydrogen) atoms. The van der Waals surface area contributed by atoms with Crippen LogP contribution in [-0.4, -0.2) is 57.0 Å². The second-order valence-electron chi connectivity index (χ2n) is 7.77. The highest BCUT2D eigenvalue weighted by Gasteiger charge is 2.44. The second-order valence-corrected chi connectivity index (χ2v) is 9.01. The van der Waals surface area contributed by atoms with Gasteiger partial charge in [-0.05, 0) is 37.7 Å². The number of fused-ring (bicyclic) bond motifs is 2. The number of thiazole rings is 1. The quantitative estimate of drug-likeness (QED) is 0.709. The Morgan fingerprint density at radius 3 is 2.79 bits per heavy atom. The summed E-state index contributed by atoms with van der Waals surface area (Å²) in [5.74, 6) is 2.07. The SMILES string of the molecule is Cc1ncc(NC(=O)N2CC3CC(N(C)c4ncnc5[nH]ccc45)C[C@@H]3C2)s1. The molecule has 1 aliphatic heterocycles. The van der Waals surface area contributed by atoms with E-state index in [1.54, 1.807) is 12.5 Å². The Morgan fingerprint density at radius 2 is 2.07 bits per heavy atom. The lowest BCUT2D eigenvalue weighted by atomic mass is 10.0. The molecule has 0 aromatic carbocycles. The van der Waals surface area contributed by atoms with Crippen LogP contribution in [0.15, 0.2) is 24.8 Å². The van der Waals surface area contributed by atoms with Gasteiger partial charge < -0.3 is 14.8 Å². The van der Waals surface area contributed by atoms with Crippen LogP contribution in [0.2, 0.25) is 0 Å². The highest BCUT2D eigenvalue weighted by atomic mass is 32.1. The molecule has 5 rings (SSSR count). The van der Waals surface area contributed by atoms with E-state index in [1.807, 2.05) is 24.1 Å². The van der Waals surface area contributed by atoms with Crippen LogP contribution in [0.3, 0.4) is 0 Å². The molecule has 146 valence electrons. The summed E-state index contributed by atoms with van der Waals surface area (Å²) in [6.45, 7) is 3.58. The number of nitrogens with one attached hydrogen (secondary N) is 2. The van der Waals surface area contributed by atoms with Gasteiger partial charge in [-0.15, -0.1) is 11.3 Å². The monoisotopic (exact) mass is 397 g/mol. The Labute approximate surface area is 167 Å². The van der Waals surface area contributed by atoms with Gasteiger partial charge in [-0.1, -0.05) is 0 Å². The molecule has 2 unspecified atom stereocenters. The minimum Gasteiger partial charge on any atom is -0.356 e. The minimum atomic E-state index is -0.00668. The predicted octanol–water partition coefficient (Wildman–Crippen LogP) is 3.10. The van der Waals surface area contributed by atoms with Crippen molar-refractivity contribution in [3.63, 3.8) is 0 Å². The van der Waals surface area contributed by atoms with Crippen LogP contribution in [0.5, 0.6) is 0 Å². The van der Waals surface area contributed by atoms with E-state index in [0.29, 0.717) is 17.9 Å². The first kappa shape index (κ1) is 17.4. The summed E-state index contributed by atoms with van der Waals surface area (Å²) < 4.78 is 0. The van der Waals surface area contributed by atoms with Crippen molar-refractivity contribution in [3.05, 3.63) is 29.8 Å². The number of amides is 2. The number of anilines is 2. The lowest BCUT2D eigenvalue weighted by molar-refractivity contribution is 0.218. The minimum absolute atomic E-state index is 0.00668. The molecule has 2 amide bonds. The van der Waals surface area contributed by atoms with Crippen molar-refractivity contribution >= 4 is 39.2 Å². The third-order valence-corrected chi connectivity index (χ3v) is 6.91. The zero-order valence-electron chi connectivity index (χ0n) is 15.9. The average Bonchev–Trinajstić information content (AvgIpc) is 3.43. The van der Waals surface area contributed by atoms with Crippen LogP contribution in [0.4, 0.5) is 15.6 Å². The normalized spacial score (nSPS) is 23.9. The van der Waals surface area contributed by atoms with E-state index < -0.39 is 0 Å². The number of H-pyrrole nitrogens is 1. The maximum Gasteiger partial charge on any atom is 0.322 e. The highest BCUT2D eigenvalue weighted by molar-refractivity contribution is 7.15. The van der Waals surface area contributed by atoms with Gasteiger partial charge in [-0.2, -0.15) is 0 Å². The van der Waals surface area contributed by atoms with Crippen molar-refractivity contribution in [2.75, 3.05) is 30.4 Å². The molecule has 3 aromatic rings. The largest absolute Gasteiger partial charge is 0.356 e. The molecule has 2 aliphatic rings. The zero-order valence-corrected chi connectivity index (χ0v) is 16.7. The summed E-state index contributed by atoms with van der Waals surface area (Å²) in [4.78, 5) is 33.0. The van der Waals surface area contributed by atoms with Gasteiger partial charge in [0.15, 0.2) is 0 Å². The molecule has 1 saturated heterocycles. The van der Waals surface area contributed by atoms with Crippen molar-refractivity contribution < 1.29 is 4.79 Å². The molecule has 2 fully saturated rings. The number of aryl methyl sites for hydroxylation is 1. The number of likely N-dealkylation sites (tertiary alicyclic amines) is 1. The van der Waals surface area contributed by atoms with Gasteiger partial charge in [0, 0.05) is 32.4 Å². The third kappa shape index (κ3) is 2.99. The molecule has 2 N–H and O–H groups in total. The van der Waals surface area contributed by atoms with E-state index in [-0.39, 0.29) is 6.03 Å². The lowest BCUT2D eigenvalue weighted by Gasteiger charge is -2.28. The van der Waals surface area contributed by atoms with Crippen molar-refractivity contribution in [3.8, 4) is 0 Å². The number of nitrogens with zero attached hydrogens (tertiary/aromatic N) is 5. The first-order chi connectivity index (χ1) is 13.6. The lowest BCUT2D eigenvalue weighted by Crippen LogP contribution is -2.36. The fourth-order valence-electron chi connectivity index (χ4n) is 4.67. The number of aromatic amines is 1. The summed E-state index contributed by atoms with van der Waals surface area (Å²) in [7, 11) is 2.12. The molecule has 0 spiro atoms. The first-order valence-corrected chi connectivity index (χ1v) is 10.4. The molecule has 4 heterocycles. The van der Waals surface area contributed by atoms with Gasteiger partial charge >= 0.3 is 6.03 Å². The number of hydrogen-bond donors (Lipinski definition) is 2. The standard InChI is InChI=1S/C19H23N7OS/c1-11-21-7-16(28-11)24-19(27)26-8-12-5-14(6-13(12)9-26)25(2)18-15-3-4-20-17(15)22-10-23-18/h3-4,7,10,12-14H,5-6,8-9H2,1-2H3,(H,24,27)(H,20,22,23)/t12-,13?,14?/m1/s1. The van der Waals surface area contributed by atoms with Crippen LogP contribution in [0, 0.1) is 18.8 Å². The molecular weight excluding hydrogens is 374 g/mol. The maximum atomic E-state index is 12.6. The Balaban J connectivity index is 1.23. The smallest absolute Gasteiger partial charge is 0.322 e. The van der Waals surface area contributed by atoms with Crippen molar-refractivity contribution in [2.24, 2.45) is 11.8 Å². The number of carbonyl (C=O) groups is 1. The number of carbonyl (C=O) groups excluding carboxylic acids is 1. The van der Waals surface area contributed by atoms with Gasteiger partial charge in [-0.3, -0.25) is 5.32 Å². The Kier molecular flexibility index (Phi) is 4.19. The Bertz CT molecular complexity index is 1000. The number of hydrogen-bond acceptors (Lipinski definition) is 6. The van der Waals surface area contributed by atoms with Gasteiger partial charge in [0.2, 0.25) is 0 Å². The molecule has 0 bridgehead atoms. The molecule has 3 aromatic heterocycles.